The average molecular weight is 293 g/mol. The van der Waals surface area contributed by atoms with Gasteiger partial charge in [-0.2, -0.15) is 0 Å². The number of carboxylic acid groups (broad SMARTS) is 1. The molecule has 0 aromatic heterocycles. The summed E-state index contributed by atoms with van der Waals surface area (Å²) in [6.45, 7) is 2.26. The van der Waals surface area contributed by atoms with Gasteiger partial charge in [0.1, 0.15) is 11.9 Å². The topological polar surface area (TPSA) is 57.6 Å². The highest BCUT2D eigenvalue weighted by Crippen LogP contribution is 2.25. The van der Waals surface area contributed by atoms with Gasteiger partial charge in [-0.3, -0.25) is 4.79 Å². The van der Waals surface area contributed by atoms with Crippen molar-refractivity contribution >= 4 is 11.9 Å². The van der Waals surface area contributed by atoms with Crippen LogP contribution in [0.25, 0.3) is 0 Å². The van der Waals surface area contributed by atoms with E-state index in [4.69, 9.17) is 0 Å². The van der Waals surface area contributed by atoms with Gasteiger partial charge >= 0.3 is 5.97 Å². The number of nitrogens with zero attached hydrogens (tertiary/aromatic N) is 1. The molecular weight excluding hydrogens is 273 g/mol. The van der Waals surface area contributed by atoms with E-state index in [2.05, 4.69) is 0 Å². The SMILES string of the molecule is CC(CC(=O)N1CCCC[C@@H]1C(=O)O)c1ccccc1F. The van der Waals surface area contributed by atoms with Crippen molar-refractivity contribution in [2.45, 2.75) is 44.6 Å². The van der Waals surface area contributed by atoms with E-state index < -0.39 is 12.0 Å². The van der Waals surface area contributed by atoms with Gasteiger partial charge in [-0.1, -0.05) is 25.1 Å². The normalized spacial score (nSPS) is 20.1. The Morgan fingerprint density at radius 1 is 1.38 bits per heavy atom. The smallest absolute Gasteiger partial charge is 0.326 e. The lowest BCUT2D eigenvalue weighted by atomic mass is 9.95. The van der Waals surface area contributed by atoms with E-state index in [1.165, 1.54) is 11.0 Å². The number of likely N-dealkylation sites (tertiary alicyclic amines) is 1. The number of halogens is 1. The molecule has 4 nitrogen and oxygen atoms in total. The molecule has 0 bridgehead atoms. The molecule has 2 atom stereocenters. The van der Waals surface area contributed by atoms with Crippen molar-refractivity contribution in [1.82, 2.24) is 4.90 Å². The second kappa shape index (κ2) is 6.70. The summed E-state index contributed by atoms with van der Waals surface area (Å²) in [5.41, 5.74) is 0.495. The van der Waals surface area contributed by atoms with E-state index in [0.29, 0.717) is 18.5 Å². The number of aliphatic carboxylic acids is 1. The molecule has 5 heteroatoms. The minimum atomic E-state index is -0.957. The molecular formula is C16H20FNO3. The van der Waals surface area contributed by atoms with Crippen molar-refractivity contribution in [1.29, 1.82) is 0 Å². The summed E-state index contributed by atoms with van der Waals surface area (Å²) in [6.07, 6.45) is 2.27. The van der Waals surface area contributed by atoms with Crippen LogP contribution < -0.4 is 0 Å². The highest BCUT2D eigenvalue weighted by atomic mass is 19.1. The molecule has 1 aromatic carbocycles. The van der Waals surface area contributed by atoms with Crippen LogP contribution in [-0.4, -0.2) is 34.5 Å². The number of rotatable bonds is 4. The van der Waals surface area contributed by atoms with Gasteiger partial charge in [0.15, 0.2) is 0 Å². The van der Waals surface area contributed by atoms with Crippen molar-refractivity contribution < 1.29 is 19.1 Å². The van der Waals surface area contributed by atoms with Crippen molar-refractivity contribution in [3.8, 4) is 0 Å². The molecule has 1 N–H and O–H groups in total. The zero-order valence-corrected chi connectivity index (χ0v) is 12.1. The van der Waals surface area contributed by atoms with Crippen molar-refractivity contribution in [2.75, 3.05) is 6.54 Å². The Morgan fingerprint density at radius 3 is 2.76 bits per heavy atom. The molecule has 1 aliphatic heterocycles. The third-order valence-corrected chi connectivity index (χ3v) is 4.03. The quantitative estimate of drug-likeness (QED) is 0.928. The first-order valence-electron chi connectivity index (χ1n) is 7.27. The van der Waals surface area contributed by atoms with Crippen LogP contribution in [-0.2, 0) is 9.59 Å². The van der Waals surface area contributed by atoms with Crippen LogP contribution in [0.4, 0.5) is 4.39 Å². The Hall–Kier alpha value is -1.91. The molecule has 0 aliphatic carbocycles. The standard InChI is InChI=1S/C16H20FNO3/c1-11(12-6-2-3-7-13(12)17)10-15(19)18-9-5-4-8-14(18)16(20)21/h2-3,6-7,11,14H,4-5,8-10H2,1H3,(H,20,21)/t11?,14-/m1/s1. The van der Waals surface area contributed by atoms with Crippen molar-refractivity contribution in [3.05, 3.63) is 35.6 Å². The molecule has 1 unspecified atom stereocenters. The highest BCUT2D eigenvalue weighted by Gasteiger charge is 2.32. The Bertz CT molecular complexity index is 532. The highest BCUT2D eigenvalue weighted by molar-refractivity contribution is 5.84. The van der Waals surface area contributed by atoms with Gasteiger partial charge in [0.2, 0.25) is 5.91 Å². The lowest BCUT2D eigenvalue weighted by Crippen LogP contribution is -2.48. The summed E-state index contributed by atoms with van der Waals surface area (Å²) >= 11 is 0. The van der Waals surface area contributed by atoms with Crippen LogP contribution in [0.15, 0.2) is 24.3 Å². The Kier molecular flexibility index (Phi) is 4.94. The van der Waals surface area contributed by atoms with E-state index >= 15 is 0 Å². The molecule has 1 fully saturated rings. The van der Waals surface area contributed by atoms with Crippen LogP contribution in [0.5, 0.6) is 0 Å². The molecule has 1 heterocycles. The van der Waals surface area contributed by atoms with Crippen LogP contribution in [0.3, 0.4) is 0 Å². The number of piperidine rings is 1. The largest absolute Gasteiger partial charge is 0.480 e. The predicted octanol–water partition coefficient (Wildman–Crippen LogP) is 2.79. The van der Waals surface area contributed by atoms with Crippen molar-refractivity contribution in [2.24, 2.45) is 0 Å². The first-order chi connectivity index (χ1) is 10.0. The molecule has 0 radical (unpaired) electrons. The second-order valence-corrected chi connectivity index (χ2v) is 5.56. The van der Waals surface area contributed by atoms with Crippen LogP contribution in [0, 0.1) is 5.82 Å². The monoisotopic (exact) mass is 293 g/mol. The molecule has 114 valence electrons. The lowest BCUT2D eigenvalue weighted by molar-refractivity contribution is -0.152. The zero-order chi connectivity index (χ0) is 15.4. The van der Waals surface area contributed by atoms with E-state index in [-0.39, 0.29) is 24.1 Å². The van der Waals surface area contributed by atoms with Gasteiger partial charge in [-0.25, -0.2) is 9.18 Å². The summed E-state index contributed by atoms with van der Waals surface area (Å²) in [4.78, 5) is 25.0. The Labute approximate surface area is 123 Å². The molecule has 21 heavy (non-hydrogen) atoms. The minimum absolute atomic E-state index is 0.130. The second-order valence-electron chi connectivity index (χ2n) is 5.56. The molecule has 0 spiro atoms. The number of amides is 1. The maximum Gasteiger partial charge on any atom is 0.326 e. The van der Waals surface area contributed by atoms with Gasteiger partial charge in [-0.15, -0.1) is 0 Å². The van der Waals surface area contributed by atoms with Gasteiger partial charge in [0, 0.05) is 13.0 Å². The van der Waals surface area contributed by atoms with E-state index in [0.717, 1.165) is 12.8 Å². The summed E-state index contributed by atoms with van der Waals surface area (Å²) in [6, 6.07) is 5.65. The van der Waals surface area contributed by atoms with Gasteiger partial charge in [-0.05, 0) is 36.8 Å². The maximum atomic E-state index is 13.7. The minimum Gasteiger partial charge on any atom is -0.480 e. The van der Waals surface area contributed by atoms with E-state index in [9.17, 15) is 19.1 Å². The van der Waals surface area contributed by atoms with E-state index in [1.54, 1.807) is 25.1 Å². The first-order valence-corrected chi connectivity index (χ1v) is 7.27. The predicted molar refractivity (Wildman–Crippen MR) is 76.4 cm³/mol. The number of benzene rings is 1. The fourth-order valence-electron chi connectivity index (χ4n) is 2.85. The Morgan fingerprint density at radius 2 is 2.10 bits per heavy atom. The summed E-state index contributed by atoms with van der Waals surface area (Å²) < 4.78 is 13.7. The molecule has 2 rings (SSSR count). The summed E-state index contributed by atoms with van der Waals surface area (Å²) in [7, 11) is 0. The molecule has 1 aliphatic rings. The summed E-state index contributed by atoms with van der Waals surface area (Å²) in [5.74, 6) is -1.76. The number of hydrogen-bond acceptors (Lipinski definition) is 2. The lowest BCUT2D eigenvalue weighted by Gasteiger charge is -2.33. The van der Waals surface area contributed by atoms with Crippen molar-refractivity contribution in [3.63, 3.8) is 0 Å². The number of hydrogen-bond donors (Lipinski definition) is 1. The Balaban J connectivity index is 2.06. The fraction of sp³-hybridized carbons (Fsp3) is 0.500. The number of carbonyl (C=O) groups is 2. The first kappa shape index (κ1) is 15.5. The molecule has 1 amide bonds. The zero-order valence-electron chi connectivity index (χ0n) is 12.1. The van der Waals surface area contributed by atoms with Crippen LogP contribution in [0.2, 0.25) is 0 Å². The third kappa shape index (κ3) is 3.60. The maximum absolute atomic E-state index is 13.7. The van der Waals surface area contributed by atoms with E-state index in [1.807, 2.05) is 0 Å². The van der Waals surface area contributed by atoms with Gasteiger partial charge in [0.05, 0.1) is 0 Å². The average Bonchev–Trinajstić information content (AvgIpc) is 2.47. The van der Waals surface area contributed by atoms with Crippen LogP contribution >= 0.6 is 0 Å². The molecule has 1 aromatic rings. The number of carboxylic acids is 1. The third-order valence-electron chi connectivity index (χ3n) is 4.03. The summed E-state index contributed by atoms with van der Waals surface area (Å²) in [5, 5.41) is 9.20. The van der Waals surface area contributed by atoms with Gasteiger partial charge < -0.3 is 10.0 Å². The number of carbonyl (C=O) groups excluding carboxylic acids is 1. The molecule has 0 saturated carbocycles. The molecule has 1 saturated heterocycles. The van der Waals surface area contributed by atoms with Gasteiger partial charge in [0.25, 0.3) is 0 Å². The van der Waals surface area contributed by atoms with Crippen LogP contribution in [0.1, 0.15) is 44.1 Å². The fourth-order valence-corrected chi connectivity index (χ4v) is 2.85.